The number of carbonyl (C=O) groups is 1. The van der Waals surface area contributed by atoms with E-state index in [-0.39, 0.29) is 28.3 Å². The van der Waals surface area contributed by atoms with Crippen LogP contribution >= 0.6 is 0 Å². The molecule has 3 aromatic rings. The van der Waals surface area contributed by atoms with Crippen LogP contribution in [0.1, 0.15) is 11.1 Å². The van der Waals surface area contributed by atoms with E-state index in [9.17, 15) is 22.0 Å². The molecule has 0 amide bonds. The van der Waals surface area contributed by atoms with E-state index in [4.69, 9.17) is 15.1 Å². The van der Waals surface area contributed by atoms with Crippen LogP contribution in [0.15, 0.2) is 65.6 Å². The number of ether oxygens (including phenoxy) is 1. The lowest BCUT2D eigenvalue weighted by Gasteiger charge is -2.19. The normalized spacial score (nSPS) is 11.2. The predicted octanol–water partition coefficient (Wildman–Crippen LogP) is 3.79. The lowest BCUT2D eigenvalue weighted by Crippen LogP contribution is -2.26. The summed E-state index contributed by atoms with van der Waals surface area (Å²) in [6, 6.07) is 15.0. The third-order valence-electron chi connectivity index (χ3n) is 4.67. The quantitative estimate of drug-likeness (QED) is 0.535. The van der Waals surface area contributed by atoms with Crippen molar-refractivity contribution in [3.8, 4) is 22.9 Å². The van der Waals surface area contributed by atoms with Crippen LogP contribution < -0.4 is 4.74 Å². The van der Waals surface area contributed by atoms with Gasteiger partial charge in [-0.25, -0.2) is 22.0 Å². The smallest absolute Gasteiger partial charge is 0.341 e. The molecule has 0 saturated heterocycles. The molecule has 0 saturated carbocycles. The Morgan fingerprint density at radius 3 is 2.45 bits per heavy atom. The average molecular weight is 472 g/mol. The first-order valence-electron chi connectivity index (χ1n) is 9.51. The van der Waals surface area contributed by atoms with E-state index >= 15 is 0 Å². The van der Waals surface area contributed by atoms with E-state index in [1.54, 1.807) is 18.2 Å². The second kappa shape index (κ2) is 9.77. The molecule has 0 spiro atoms. The number of nitrogens with zero attached hydrogens (tertiary/aromatic N) is 2. The summed E-state index contributed by atoms with van der Waals surface area (Å²) in [7, 11) is -2.70. The number of carboxylic acids is 1. The molecule has 0 aliphatic rings. The Morgan fingerprint density at radius 2 is 1.82 bits per heavy atom. The van der Waals surface area contributed by atoms with Crippen molar-refractivity contribution in [2.75, 3.05) is 13.7 Å². The van der Waals surface area contributed by atoms with Crippen molar-refractivity contribution in [3.63, 3.8) is 0 Å². The van der Waals surface area contributed by atoms with Gasteiger partial charge in [0.05, 0.1) is 16.5 Å². The zero-order valence-electron chi connectivity index (χ0n) is 17.3. The largest absolute Gasteiger partial charge is 0.479 e. The molecule has 0 fully saturated rings. The number of benzene rings is 3. The monoisotopic (exact) mass is 472 g/mol. The Hall–Kier alpha value is -3.81. The number of hydrogen-bond acceptors (Lipinski definition) is 5. The van der Waals surface area contributed by atoms with Crippen molar-refractivity contribution in [2.24, 2.45) is 0 Å². The fourth-order valence-corrected chi connectivity index (χ4v) is 4.28. The second-order valence-corrected chi connectivity index (χ2v) is 9.09. The van der Waals surface area contributed by atoms with Gasteiger partial charge in [-0.1, -0.05) is 12.1 Å². The minimum Gasteiger partial charge on any atom is -0.479 e. The minimum atomic E-state index is -3.99. The zero-order chi connectivity index (χ0) is 24.2. The lowest BCUT2D eigenvalue weighted by atomic mass is 9.99. The third-order valence-corrected chi connectivity index (χ3v) is 6.49. The Balaban J connectivity index is 2.02. The van der Waals surface area contributed by atoms with E-state index in [0.29, 0.717) is 11.1 Å². The molecule has 10 heteroatoms. The van der Waals surface area contributed by atoms with Gasteiger partial charge in [-0.3, -0.25) is 0 Å². The van der Waals surface area contributed by atoms with Crippen LogP contribution in [-0.4, -0.2) is 37.5 Å². The Kier molecular flexibility index (Phi) is 7.06. The maximum Gasteiger partial charge on any atom is 0.341 e. The van der Waals surface area contributed by atoms with Crippen LogP contribution in [0.5, 0.6) is 5.75 Å². The van der Waals surface area contributed by atoms with Crippen molar-refractivity contribution < 1.29 is 31.8 Å². The van der Waals surface area contributed by atoms with Crippen LogP contribution in [0.3, 0.4) is 0 Å². The molecule has 0 aromatic heterocycles. The fourth-order valence-electron chi connectivity index (χ4n) is 3.12. The predicted molar refractivity (Wildman–Crippen MR) is 115 cm³/mol. The van der Waals surface area contributed by atoms with Gasteiger partial charge in [0, 0.05) is 19.2 Å². The topological polar surface area (TPSA) is 108 Å². The summed E-state index contributed by atoms with van der Waals surface area (Å²) in [5.74, 6) is -3.11. The van der Waals surface area contributed by atoms with E-state index in [2.05, 4.69) is 0 Å². The Bertz CT molecular complexity index is 1340. The van der Waals surface area contributed by atoms with Crippen LogP contribution in [-0.2, 0) is 21.4 Å². The highest BCUT2D eigenvalue weighted by molar-refractivity contribution is 7.89. The number of aliphatic carboxylic acids is 1. The summed E-state index contributed by atoms with van der Waals surface area (Å²) in [5, 5.41) is 18.1. The highest BCUT2D eigenvalue weighted by Crippen LogP contribution is 2.35. The van der Waals surface area contributed by atoms with Crippen molar-refractivity contribution in [1.29, 1.82) is 5.26 Å². The molecule has 0 unspecified atom stereocenters. The first-order valence-corrected chi connectivity index (χ1v) is 11.0. The van der Waals surface area contributed by atoms with Crippen LogP contribution in [0.2, 0.25) is 0 Å². The van der Waals surface area contributed by atoms with Gasteiger partial charge < -0.3 is 9.84 Å². The maximum atomic E-state index is 15.0. The highest BCUT2D eigenvalue weighted by Gasteiger charge is 2.23. The van der Waals surface area contributed by atoms with Gasteiger partial charge in [-0.15, -0.1) is 0 Å². The zero-order valence-corrected chi connectivity index (χ0v) is 18.1. The average Bonchev–Trinajstić information content (AvgIpc) is 2.78. The first kappa shape index (κ1) is 23.8. The molecule has 0 bridgehead atoms. The minimum absolute atomic E-state index is 0.129. The van der Waals surface area contributed by atoms with E-state index < -0.39 is 34.2 Å². The molecule has 0 aliphatic heterocycles. The van der Waals surface area contributed by atoms with Crippen molar-refractivity contribution in [2.45, 2.75) is 11.4 Å². The number of rotatable bonds is 8. The van der Waals surface area contributed by atoms with Gasteiger partial charge in [0.15, 0.2) is 18.2 Å². The molecule has 0 radical (unpaired) electrons. The molecule has 7 nitrogen and oxygen atoms in total. The van der Waals surface area contributed by atoms with Crippen LogP contribution in [0, 0.1) is 23.0 Å². The summed E-state index contributed by atoms with van der Waals surface area (Å²) in [5.41, 5.74) is 1.09. The maximum absolute atomic E-state index is 15.0. The van der Waals surface area contributed by atoms with Gasteiger partial charge in [0.1, 0.15) is 5.82 Å². The number of halogens is 2. The molecule has 3 aromatic carbocycles. The molecule has 1 N–H and O–H groups in total. The van der Waals surface area contributed by atoms with Crippen LogP contribution in [0.4, 0.5) is 8.78 Å². The summed E-state index contributed by atoms with van der Waals surface area (Å²) >= 11 is 0. The van der Waals surface area contributed by atoms with Crippen LogP contribution in [0.25, 0.3) is 11.1 Å². The molecule has 3 rings (SSSR count). The number of nitriles is 1. The van der Waals surface area contributed by atoms with Gasteiger partial charge in [0.2, 0.25) is 10.0 Å². The standard InChI is InChI=1S/C23H18F2N2O5S/c1-27(33(30,31)19-7-5-18(24)6-8-19)13-16-10-20(17-4-2-3-15(9-17)12-26)23(21(25)11-16)32-14-22(28)29/h2-11H,13-14H2,1H3,(H,28,29). The SMILES string of the molecule is CN(Cc1cc(F)c(OCC(=O)O)c(-c2cccc(C#N)c2)c1)S(=O)(=O)c1ccc(F)cc1. The summed E-state index contributed by atoms with van der Waals surface area (Å²) in [6.45, 7) is -1.03. The Labute approximate surface area is 189 Å². The first-order chi connectivity index (χ1) is 15.6. The third kappa shape index (κ3) is 5.52. The van der Waals surface area contributed by atoms with Crippen molar-refractivity contribution in [3.05, 3.63) is 83.4 Å². The molecule has 0 heterocycles. The second-order valence-electron chi connectivity index (χ2n) is 7.04. The molecule has 0 atom stereocenters. The Morgan fingerprint density at radius 1 is 1.12 bits per heavy atom. The van der Waals surface area contributed by atoms with Gasteiger partial charge in [-0.05, 0) is 59.7 Å². The highest BCUT2D eigenvalue weighted by atomic mass is 32.2. The van der Waals surface area contributed by atoms with Gasteiger partial charge in [0.25, 0.3) is 0 Å². The van der Waals surface area contributed by atoms with Crippen molar-refractivity contribution in [1.82, 2.24) is 4.31 Å². The summed E-state index contributed by atoms with van der Waals surface area (Å²) < 4.78 is 59.8. The molecule has 0 aliphatic carbocycles. The number of hydrogen-bond donors (Lipinski definition) is 1. The molecule has 170 valence electrons. The lowest BCUT2D eigenvalue weighted by molar-refractivity contribution is -0.139. The summed E-state index contributed by atoms with van der Waals surface area (Å²) in [6.07, 6.45) is 0. The molecular formula is C23H18F2N2O5S. The van der Waals surface area contributed by atoms with E-state index in [1.807, 2.05) is 6.07 Å². The van der Waals surface area contributed by atoms with Crippen molar-refractivity contribution >= 4 is 16.0 Å². The van der Waals surface area contributed by atoms with Gasteiger partial charge in [-0.2, -0.15) is 9.57 Å². The molecule has 33 heavy (non-hydrogen) atoms. The fraction of sp³-hybridized carbons (Fsp3) is 0.130. The summed E-state index contributed by atoms with van der Waals surface area (Å²) in [4.78, 5) is 10.8. The van der Waals surface area contributed by atoms with E-state index in [0.717, 1.165) is 34.6 Å². The number of carboxylic acid groups (broad SMARTS) is 1. The van der Waals surface area contributed by atoms with E-state index in [1.165, 1.54) is 19.2 Å². The number of sulfonamides is 1. The molecular weight excluding hydrogens is 454 g/mol. The van der Waals surface area contributed by atoms with Gasteiger partial charge >= 0.3 is 5.97 Å².